The molecule has 0 spiro atoms. The third kappa shape index (κ3) is 6.01. The van der Waals surface area contributed by atoms with Crippen LogP contribution in [0, 0.1) is 5.92 Å². The van der Waals surface area contributed by atoms with E-state index in [4.69, 9.17) is 5.11 Å². The Morgan fingerprint density at radius 2 is 1.76 bits per heavy atom. The summed E-state index contributed by atoms with van der Waals surface area (Å²) in [6, 6.07) is -1.48. The molecule has 0 aromatic carbocycles. The molecule has 120 valence electrons. The highest BCUT2D eigenvalue weighted by molar-refractivity contribution is 5.83. The van der Waals surface area contributed by atoms with E-state index in [1.54, 1.807) is 13.8 Å². The Balaban J connectivity index is 2.26. The van der Waals surface area contributed by atoms with Crippen LogP contribution in [0.3, 0.4) is 0 Å². The van der Waals surface area contributed by atoms with Gasteiger partial charge in [-0.1, -0.05) is 13.8 Å². The summed E-state index contributed by atoms with van der Waals surface area (Å²) in [6.07, 6.45) is 3.48. The number of amides is 3. The first-order valence-electron chi connectivity index (χ1n) is 7.46. The lowest BCUT2D eigenvalue weighted by Crippen LogP contribution is -2.49. The van der Waals surface area contributed by atoms with Crippen molar-refractivity contribution in [2.24, 2.45) is 5.92 Å². The summed E-state index contributed by atoms with van der Waals surface area (Å²) in [6.45, 7) is 5.24. The number of nitrogens with zero attached hydrogens (tertiary/aromatic N) is 1. The van der Waals surface area contributed by atoms with E-state index in [0.29, 0.717) is 0 Å². The Kier molecular flexibility index (Phi) is 6.98. The monoisotopic (exact) mass is 299 g/mol. The maximum absolute atomic E-state index is 11.9. The largest absolute Gasteiger partial charge is 0.480 e. The van der Waals surface area contributed by atoms with E-state index >= 15 is 0 Å². The molecule has 21 heavy (non-hydrogen) atoms. The van der Waals surface area contributed by atoms with Crippen molar-refractivity contribution in [3.05, 3.63) is 0 Å². The van der Waals surface area contributed by atoms with Crippen LogP contribution < -0.4 is 10.6 Å². The average molecular weight is 299 g/mol. The molecule has 0 aromatic rings. The van der Waals surface area contributed by atoms with Crippen molar-refractivity contribution in [1.29, 1.82) is 0 Å². The van der Waals surface area contributed by atoms with Gasteiger partial charge in [-0.15, -0.1) is 0 Å². The molecule has 1 rings (SSSR count). The van der Waals surface area contributed by atoms with E-state index in [-0.39, 0.29) is 24.8 Å². The molecule has 1 aliphatic heterocycles. The van der Waals surface area contributed by atoms with Gasteiger partial charge in [0, 0.05) is 26.1 Å². The van der Waals surface area contributed by atoms with Gasteiger partial charge in [0.1, 0.15) is 6.04 Å². The second-order valence-corrected chi connectivity index (χ2v) is 5.65. The van der Waals surface area contributed by atoms with Crippen molar-refractivity contribution < 1.29 is 19.5 Å². The number of rotatable bonds is 6. The third-order valence-corrected chi connectivity index (χ3v) is 3.55. The van der Waals surface area contributed by atoms with E-state index < -0.39 is 18.0 Å². The lowest BCUT2D eigenvalue weighted by Gasteiger charge is -2.26. The summed E-state index contributed by atoms with van der Waals surface area (Å²) in [5.41, 5.74) is 0. The van der Waals surface area contributed by atoms with Crippen LogP contribution in [0.5, 0.6) is 0 Å². The molecule has 3 N–H and O–H groups in total. The number of carboxylic acid groups (broad SMARTS) is 1. The molecule has 0 saturated carbocycles. The van der Waals surface area contributed by atoms with E-state index in [0.717, 1.165) is 32.4 Å². The minimum atomic E-state index is -1.07. The van der Waals surface area contributed by atoms with Crippen LogP contribution in [0.4, 0.5) is 4.79 Å². The molecule has 7 nitrogen and oxygen atoms in total. The molecule has 0 aromatic heterocycles. The molecule has 1 heterocycles. The van der Waals surface area contributed by atoms with Gasteiger partial charge in [-0.05, 0) is 25.2 Å². The SMILES string of the molecule is CC(C)[C@@H](NC(=O)NCCC(=O)N1CCCCC1)C(=O)O. The Morgan fingerprint density at radius 3 is 2.29 bits per heavy atom. The lowest BCUT2D eigenvalue weighted by molar-refractivity contribution is -0.140. The first-order chi connectivity index (χ1) is 9.91. The molecular formula is C14H25N3O4. The number of hydrogen-bond acceptors (Lipinski definition) is 3. The molecule has 0 unspecified atom stereocenters. The normalized spacial score (nSPS) is 16.4. The number of aliphatic carboxylic acids is 1. The van der Waals surface area contributed by atoms with Gasteiger partial charge in [0.2, 0.25) is 5.91 Å². The fourth-order valence-corrected chi connectivity index (χ4v) is 2.29. The zero-order valence-corrected chi connectivity index (χ0v) is 12.7. The fourth-order valence-electron chi connectivity index (χ4n) is 2.29. The Morgan fingerprint density at radius 1 is 1.14 bits per heavy atom. The first-order valence-corrected chi connectivity index (χ1v) is 7.46. The van der Waals surface area contributed by atoms with Crippen LogP contribution in [0.25, 0.3) is 0 Å². The van der Waals surface area contributed by atoms with Crippen LogP contribution in [-0.4, -0.2) is 53.6 Å². The Labute approximate surface area is 125 Å². The van der Waals surface area contributed by atoms with E-state index in [9.17, 15) is 14.4 Å². The number of likely N-dealkylation sites (tertiary alicyclic amines) is 1. The van der Waals surface area contributed by atoms with Gasteiger partial charge in [0.05, 0.1) is 0 Å². The number of hydrogen-bond donors (Lipinski definition) is 3. The molecule has 0 bridgehead atoms. The van der Waals surface area contributed by atoms with Crippen LogP contribution in [0.1, 0.15) is 39.5 Å². The third-order valence-electron chi connectivity index (χ3n) is 3.55. The predicted molar refractivity (Wildman–Crippen MR) is 77.8 cm³/mol. The number of urea groups is 1. The van der Waals surface area contributed by atoms with Gasteiger partial charge in [-0.25, -0.2) is 9.59 Å². The summed E-state index contributed by atoms with van der Waals surface area (Å²) in [5, 5.41) is 13.9. The zero-order chi connectivity index (χ0) is 15.8. The van der Waals surface area contributed by atoms with Crippen molar-refractivity contribution in [1.82, 2.24) is 15.5 Å². The predicted octanol–water partition coefficient (Wildman–Crippen LogP) is 0.797. The van der Waals surface area contributed by atoms with Gasteiger partial charge >= 0.3 is 12.0 Å². The van der Waals surface area contributed by atoms with Gasteiger partial charge in [0.15, 0.2) is 0 Å². The standard InChI is InChI=1S/C14H25N3O4/c1-10(2)12(13(19)20)16-14(21)15-7-6-11(18)17-8-4-3-5-9-17/h10,12H,3-9H2,1-2H3,(H,19,20)(H2,15,16,21)/t12-/m1/s1. The second kappa shape index (κ2) is 8.49. The number of carboxylic acids is 1. The van der Waals surface area contributed by atoms with Crippen LogP contribution in [0.2, 0.25) is 0 Å². The van der Waals surface area contributed by atoms with E-state index in [1.165, 1.54) is 0 Å². The van der Waals surface area contributed by atoms with Gasteiger partial charge in [-0.3, -0.25) is 4.79 Å². The highest BCUT2D eigenvalue weighted by Crippen LogP contribution is 2.09. The molecule has 0 radical (unpaired) electrons. The van der Waals surface area contributed by atoms with Gasteiger partial charge in [0.25, 0.3) is 0 Å². The van der Waals surface area contributed by atoms with Crippen molar-refractivity contribution in [3.63, 3.8) is 0 Å². The smallest absolute Gasteiger partial charge is 0.326 e. The summed E-state index contributed by atoms with van der Waals surface area (Å²) in [5.74, 6) is -1.23. The van der Waals surface area contributed by atoms with Crippen molar-refractivity contribution in [3.8, 4) is 0 Å². The Hall–Kier alpha value is -1.79. The number of nitrogens with one attached hydrogen (secondary N) is 2. The van der Waals surface area contributed by atoms with Crippen LogP contribution >= 0.6 is 0 Å². The lowest BCUT2D eigenvalue weighted by atomic mass is 10.1. The highest BCUT2D eigenvalue weighted by Gasteiger charge is 2.23. The fraction of sp³-hybridized carbons (Fsp3) is 0.786. The van der Waals surface area contributed by atoms with Crippen molar-refractivity contribution in [2.75, 3.05) is 19.6 Å². The quantitative estimate of drug-likeness (QED) is 0.675. The summed E-state index contributed by atoms with van der Waals surface area (Å²) < 4.78 is 0. The maximum atomic E-state index is 11.9. The molecule has 1 saturated heterocycles. The summed E-state index contributed by atoms with van der Waals surface area (Å²) in [7, 11) is 0. The highest BCUT2D eigenvalue weighted by atomic mass is 16.4. The van der Waals surface area contributed by atoms with Gasteiger partial charge < -0.3 is 20.6 Å². The van der Waals surface area contributed by atoms with Crippen molar-refractivity contribution >= 4 is 17.9 Å². The van der Waals surface area contributed by atoms with E-state index in [1.807, 2.05) is 4.90 Å². The molecule has 1 fully saturated rings. The topological polar surface area (TPSA) is 98.7 Å². The zero-order valence-electron chi connectivity index (χ0n) is 12.7. The molecular weight excluding hydrogens is 274 g/mol. The molecule has 7 heteroatoms. The van der Waals surface area contributed by atoms with Crippen LogP contribution in [0.15, 0.2) is 0 Å². The molecule has 1 aliphatic rings. The van der Waals surface area contributed by atoms with Crippen LogP contribution in [-0.2, 0) is 9.59 Å². The second-order valence-electron chi connectivity index (χ2n) is 5.65. The minimum Gasteiger partial charge on any atom is -0.480 e. The summed E-state index contributed by atoms with van der Waals surface area (Å²) >= 11 is 0. The Bertz CT molecular complexity index is 378. The summed E-state index contributed by atoms with van der Waals surface area (Å²) in [4.78, 5) is 36.3. The number of carbonyl (C=O) groups is 3. The maximum Gasteiger partial charge on any atom is 0.326 e. The molecule has 3 amide bonds. The average Bonchev–Trinajstić information content (AvgIpc) is 2.45. The molecule has 1 atom stereocenters. The van der Waals surface area contributed by atoms with E-state index in [2.05, 4.69) is 10.6 Å². The number of carbonyl (C=O) groups excluding carboxylic acids is 2. The van der Waals surface area contributed by atoms with Crippen molar-refractivity contribution in [2.45, 2.75) is 45.6 Å². The first kappa shape index (κ1) is 17.3. The molecule has 0 aliphatic carbocycles. The van der Waals surface area contributed by atoms with Gasteiger partial charge in [-0.2, -0.15) is 0 Å². The minimum absolute atomic E-state index is 0.0358. The number of piperidine rings is 1.